The van der Waals surface area contributed by atoms with E-state index in [9.17, 15) is 20.3 Å². The lowest BCUT2D eigenvalue weighted by molar-refractivity contribution is -0.140. The second-order valence-electron chi connectivity index (χ2n) is 8.98. The van der Waals surface area contributed by atoms with Crippen molar-refractivity contribution in [2.24, 2.45) is 0 Å². The van der Waals surface area contributed by atoms with Crippen molar-refractivity contribution in [3.8, 4) is 34.4 Å². The highest BCUT2D eigenvalue weighted by Crippen LogP contribution is 2.34. The van der Waals surface area contributed by atoms with Crippen LogP contribution in [-0.2, 0) is 24.6 Å². The van der Waals surface area contributed by atoms with Crippen molar-refractivity contribution in [2.45, 2.75) is 25.8 Å². The molecule has 0 aliphatic heterocycles. The van der Waals surface area contributed by atoms with Crippen molar-refractivity contribution < 1.29 is 29.2 Å². The third-order valence-corrected chi connectivity index (χ3v) is 6.29. The molecule has 0 heterocycles. The van der Waals surface area contributed by atoms with Gasteiger partial charge < -0.3 is 24.4 Å². The van der Waals surface area contributed by atoms with Crippen LogP contribution in [0.3, 0.4) is 0 Å². The Morgan fingerprint density at radius 1 is 0.925 bits per heavy atom. The van der Waals surface area contributed by atoms with Crippen molar-refractivity contribution in [3.05, 3.63) is 113 Å². The van der Waals surface area contributed by atoms with E-state index in [2.05, 4.69) is 11.4 Å². The largest absolute Gasteiger partial charge is 0.496 e. The number of hydrogen-bond donors (Lipinski definition) is 3. The van der Waals surface area contributed by atoms with Crippen molar-refractivity contribution in [1.29, 1.82) is 5.26 Å². The number of nitrogens with one attached hydrogen (secondary N) is 1. The van der Waals surface area contributed by atoms with E-state index < -0.39 is 18.6 Å². The third kappa shape index (κ3) is 7.17. The van der Waals surface area contributed by atoms with Crippen LogP contribution in [0.25, 0.3) is 11.1 Å². The zero-order chi connectivity index (χ0) is 28.3. The maximum Gasteiger partial charge on any atom is 0.323 e. The molecule has 0 aliphatic rings. The minimum Gasteiger partial charge on any atom is -0.496 e. The molecule has 4 aromatic carbocycles. The molecule has 40 heavy (non-hydrogen) atoms. The molecule has 3 N–H and O–H groups in total. The Morgan fingerprint density at radius 3 is 2.45 bits per heavy atom. The van der Waals surface area contributed by atoms with E-state index in [0.29, 0.717) is 22.6 Å². The van der Waals surface area contributed by atoms with Gasteiger partial charge in [-0.05, 0) is 29.3 Å². The lowest BCUT2D eigenvalue weighted by Gasteiger charge is -2.18. The van der Waals surface area contributed by atoms with Gasteiger partial charge in [0, 0.05) is 29.3 Å². The molecule has 1 atom stereocenters. The molecular formula is C32H30N2O6. The van der Waals surface area contributed by atoms with Crippen LogP contribution >= 0.6 is 0 Å². The Morgan fingerprint density at radius 2 is 1.73 bits per heavy atom. The number of nitrogens with zero attached hydrogens (tertiary/aromatic N) is 1. The van der Waals surface area contributed by atoms with Crippen molar-refractivity contribution in [3.63, 3.8) is 0 Å². The Labute approximate surface area is 233 Å². The number of carboxylic acid groups (broad SMARTS) is 1. The molecule has 8 nitrogen and oxygen atoms in total. The maximum atomic E-state index is 11.3. The highest BCUT2D eigenvalue weighted by molar-refractivity contribution is 5.73. The summed E-state index contributed by atoms with van der Waals surface area (Å²) in [5, 5.41) is 30.7. The van der Waals surface area contributed by atoms with Gasteiger partial charge in [-0.25, -0.2) is 0 Å². The number of rotatable bonds is 13. The monoisotopic (exact) mass is 538 g/mol. The zero-order valence-electron chi connectivity index (χ0n) is 22.0. The summed E-state index contributed by atoms with van der Waals surface area (Å²) in [4.78, 5) is 11.3. The first-order valence-electron chi connectivity index (χ1n) is 12.7. The van der Waals surface area contributed by atoms with Gasteiger partial charge in [-0.1, -0.05) is 66.7 Å². The van der Waals surface area contributed by atoms with Crippen molar-refractivity contribution >= 4 is 5.97 Å². The van der Waals surface area contributed by atoms with Gasteiger partial charge in [-0.15, -0.1) is 0 Å². The third-order valence-electron chi connectivity index (χ3n) is 6.29. The van der Waals surface area contributed by atoms with Gasteiger partial charge in [-0.3, -0.25) is 10.1 Å². The summed E-state index contributed by atoms with van der Waals surface area (Å²) in [6.07, 6.45) is 0. The molecule has 0 aromatic heterocycles. The van der Waals surface area contributed by atoms with Crippen LogP contribution in [0.15, 0.2) is 91.0 Å². The molecule has 0 radical (unpaired) electrons. The lowest BCUT2D eigenvalue weighted by atomic mass is 10.0. The topological polar surface area (TPSA) is 121 Å². The van der Waals surface area contributed by atoms with Crippen molar-refractivity contribution in [2.75, 3.05) is 13.7 Å². The van der Waals surface area contributed by atoms with Gasteiger partial charge in [0.25, 0.3) is 0 Å². The maximum absolute atomic E-state index is 11.3. The van der Waals surface area contributed by atoms with Gasteiger partial charge in [0.05, 0.1) is 25.3 Å². The fourth-order valence-electron chi connectivity index (χ4n) is 4.21. The van der Waals surface area contributed by atoms with E-state index in [1.165, 1.54) is 0 Å². The second-order valence-corrected chi connectivity index (χ2v) is 8.98. The van der Waals surface area contributed by atoms with Gasteiger partial charge in [0.1, 0.15) is 36.5 Å². The molecule has 8 heteroatoms. The number of para-hydroxylation sites is 1. The van der Waals surface area contributed by atoms with Crippen LogP contribution in [0.1, 0.15) is 22.3 Å². The molecule has 4 aromatic rings. The molecular weight excluding hydrogens is 508 g/mol. The SMILES string of the molecule is COc1c(COc2ccc(CN[C@@H](CO)C(=O)O)c(OCc3cccc(C#N)c3)c2)cccc1-c1ccccc1. The van der Waals surface area contributed by atoms with E-state index in [1.807, 2.05) is 54.6 Å². The molecule has 0 saturated carbocycles. The number of hydrogen-bond acceptors (Lipinski definition) is 7. The number of methoxy groups -OCH3 is 1. The first-order valence-corrected chi connectivity index (χ1v) is 12.7. The fraction of sp³-hybridized carbons (Fsp3) is 0.188. The average molecular weight is 539 g/mol. The van der Waals surface area contributed by atoms with Gasteiger partial charge >= 0.3 is 5.97 Å². The predicted octanol–water partition coefficient (Wildman–Crippen LogP) is 4.93. The summed E-state index contributed by atoms with van der Waals surface area (Å²) in [7, 11) is 1.64. The molecule has 0 saturated heterocycles. The number of ether oxygens (including phenoxy) is 3. The minimum atomic E-state index is -1.15. The van der Waals surface area contributed by atoms with Crippen LogP contribution in [0.2, 0.25) is 0 Å². The molecule has 0 aliphatic carbocycles. The highest BCUT2D eigenvalue weighted by atomic mass is 16.5. The number of benzene rings is 4. The van der Waals surface area contributed by atoms with Crippen LogP contribution in [0.4, 0.5) is 0 Å². The molecule has 4 rings (SSSR count). The van der Waals surface area contributed by atoms with Crippen LogP contribution in [0.5, 0.6) is 17.2 Å². The number of nitriles is 1. The van der Waals surface area contributed by atoms with E-state index in [0.717, 1.165) is 28.0 Å². The first kappa shape index (κ1) is 28.2. The van der Waals surface area contributed by atoms with Crippen molar-refractivity contribution in [1.82, 2.24) is 5.32 Å². The number of aliphatic carboxylic acids is 1. The van der Waals surface area contributed by atoms with Gasteiger partial charge in [0.2, 0.25) is 0 Å². The summed E-state index contributed by atoms with van der Waals surface area (Å²) in [5.74, 6) is 0.616. The summed E-state index contributed by atoms with van der Waals surface area (Å²) in [6.45, 7) is 0.0494. The normalized spacial score (nSPS) is 11.3. The second kappa shape index (κ2) is 13.8. The molecule has 0 bridgehead atoms. The zero-order valence-corrected chi connectivity index (χ0v) is 22.0. The van der Waals surface area contributed by atoms with E-state index >= 15 is 0 Å². The molecule has 204 valence electrons. The van der Waals surface area contributed by atoms with Gasteiger partial charge in [0.15, 0.2) is 0 Å². The number of carboxylic acids is 1. The smallest absolute Gasteiger partial charge is 0.323 e. The summed E-state index contributed by atoms with van der Waals surface area (Å²) in [6, 6.07) is 29.3. The molecule has 0 fully saturated rings. The highest BCUT2D eigenvalue weighted by Gasteiger charge is 2.17. The van der Waals surface area contributed by atoms with E-state index in [4.69, 9.17) is 14.2 Å². The minimum absolute atomic E-state index is 0.151. The summed E-state index contributed by atoms with van der Waals surface area (Å²) >= 11 is 0. The van der Waals surface area contributed by atoms with Crippen LogP contribution in [-0.4, -0.2) is 35.9 Å². The Balaban J connectivity index is 1.55. The summed E-state index contributed by atoms with van der Waals surface area (Å²) in [5.41, 5.74) is 4.90. The predicted molar refractivity (Wildman–Crippen MR) is 150 cm³/mol. The Bertz CT molecular complexity index is 1480. The van der Waals surface area contributed by atoms with Crippen LogP contribution < -0.4 is 19.5 Å². The van der Waals surface area contributed by atoms with Crippen LogP contribution in [0, 0.1) is 11.3 Å². The number of aliphatic hydroxyl groups excluding tert-OH is 1. The average Bonchev–Trinajstić information content (AvgIpc) is 3.00. The quantitative estimate of drug-likeness (QED) is 0.219. The number of carbonyl (C=O) groups is 1. The Kier molecular flexibility index (Phi) is 9.72. The van der Waals surface area contributed by atoms with E-state index in [1.54, 1.807) is 43.5 Å². The summed E-state index contributed by atoms with van der Waals surface area (Å²) < 4.78 is 18.0. The van der Waals surface area contributed by atoms with E-state index in [-0.39, 0.29) is 19.8 Å². The molecule has 0 unspecified atom stereocenters. The Hall–Kier alpha value is -4.84. The fourth-order valence-corrected chi connectivity index (χ4v) is 4.21. The first-order chi connectivity index (χ1) is 19.5. The van der Waals surface area contributed by atoms with Gasteiger partial charge in [-0.2, -0.15) is 5.26 Å². The molecule has 0 amide bonds. The molecule has 0 spiro atoms. The standard InChI is InChI=1S/C32H30N2O6/c1-38-31-26(11-6-12-28(31)24-9-3-2-4-10-24)21-39-27-14-13-25(18-34-29(19-35)32(36)37)30(16-27)40-20-23-8-5-7-22(15-23)17-33/h2-16,29,34-35H,18-21H2,1H3,(H,36,37)/t29-/m0/s1. The number of aliphatic hydroxyl groups is 1. The lowest BCUT2D eigenvalue weighted by Crippen LogP contribution is -2.39.